The predicted molar refractivity (Wildman–Crippen MR) is 75.2 cm³/mol. The molecule has 1 rings (SSSR count). The number of pyridine rings is 1. The largest absolute Gasteiger partial charge is 0.359 e. The smallest absolute Gasteiger partial charge is 0.167 e. The summed E-state index contributed by atoms with van der Waals surface area (Å²) in [5, 5.41) is 6.51. The van der Waals surface area contributed by atoms with Crippen molar-refractivity contribution in [2.24, 2.45) is 4.99 Å². The van der Waals surface area contributed by atoms with Crippen LogP contribution in [0.25, 0.3) is 0 Å². The standard InChI is InChI=1S/C12H16N4S/c1-3-7-14-12(17)16-9-15-10(2)11-6-4-5-8-13-11/h3-6,8H,1,7,9H2,2H3,(H2,14,16,17)/b15-10+. The summed E-state index contributed by atoms with van der Waals surface area (Å²) < 4.78 is 0. The van der Waals surface area contributed by atoms with E-state index in [1.165, 1.54) is 0 Å². The molecule has 4 nitrogen and oxygen atoms in total. The first-order valence-corrected chi connectivity index (χ1v) is 5.70. The summed E-state index contributed by atoms with van der Waals surface area (Å²) in [6, 6.07) is 5.74. The highest BCUT2D eigenvalue weighted by Gasteiger charge is 1.96. The van der Waals surface area contributed by atoms with Gasteiger partial charge in [-0.15, -0.1) is 6.58 Å². The average molecular weight is 248 g/mol. The maximum absolute atomic E-state index is 5.03. The molecule has 0 fully saturated rings. The maximum Gasteiger partial charge on any atom is 0.167 e. The van der Waals surface area contributed by atoms with Crippen LogP contribution in [-0.4, -0.2) is 29.0 Å². The normalized spacial score (nSPS) is 10.8. The first kappa shape index (κ1) is 13.3. The Bertz CT molecular complexity index is 400. The summed E-state index contributed by atoms with van der Waals surface area (Å²) in [5.74, 6) is 0. The number of nitrogens with zero attached hydrogens (tertiary/aromatic N) is 2. The third-order valence-electron chi connectivity index (χ3n) is 2.00. The number of hydrogen-bond donors (Lipinski definition) is 2. The van der Waals surface area contributed by atoms with Gasteiger partial charge in [0.05, 0.1) is 11.4 Å². The number of nitrogens with one attached hydrogen (secondary N) is 2. The molecule has 0 radical (unpaired) electrons. The molecular weight excluding hydrogens is 232 g/mol. The molecule has 0 bridgehead atoms. The minimum absolute atomic E-state index is 0.436. The van der Waals surface area contributed by atoms with Gasteiger partial charge in [0.1, 0.15) is 6.67 Å². The lowest BCUT2D eigenvalue weighted by Gasteiger charge is -2.06. The van der Waals surface area contributed by atoms with E-state index in [4.69, 9.17) is 12.2 Å². The lowest BCUT2D eigenvalue weighted by molar-refractivity contribution is 0.883. The van der Waals surface area contributed by atoms with Crippen LogP contribution in [0.15, 0.2) is 42.0 Å². The molecular formula is C12H16N4S. The summed E-state index contributed by atoms with van der Waals surface area (Å²) >= 11 is 5.03. The van der Waals surface area contributed by atoms with E-state index in [0.29, 0.717) is 18.3 Å². The lowest BCUT2D eigenvalue weighted by atomic mass is 10.2. The van der Waals surface area contributed by atoms with Crippen molar-refractivity contribution in [1.82, 2.24) is 15.6 Å². The van der Waals surface area contributed by atoms with E-state index in [-0.39, 0.29) is 0 Å². The van der Waals surface area contributed by atoms with Crippen molar-refractivity contribution >= 4 is 23.0 Å². The zero-order chi connectivity index (χ0) is 12.5. The molecule has 5 heteroatoms. The molecule has 1 aromatic heterocycles. The highest BCUT2D eigenvalue weighted by molar-refractivity contribution is 7.80. The van der Waals surface area contributed by atoms with Gasteiger partial charge in [-0.3, -0.25) is 9.98 Å². The minimum atomic E-state index is 0.436. The zero-order valence-corrected chi connectivity index (χ0v) is 10.6. The molecule has 0 saturated carbocycles. The molecule has 0 spiro atoms. The molecule has 0 aliphatic heterocycles. The van der Waals surface area contributed by atoms with Crippen molar-refractivity contribution in [3.8, 4) is 0 Å². The summed E-state index contributed by atoms with van der Waals surface area (Å²) in [6.45, 7) is 6.60. The SMILES string of the molecule is C=CCNC(=S)NC/N=C(\C)c1ccccn1. The van der Waals surface area contributed by atoms with E-state index < -0.39 is 0 Å². The van der Waals surface area contributed by atoms with Crippen molar-refractivity contribution in [1.29, 1.82) is 0 Å². The van der Waals surface area contributed by atoms with Crippen molar-refractivity contribution in [2.45, 2.75) is 6.92 Å². The molecule has 0 saturated heterocycles. The summed E-state index contributed by atoms with van der Waals surface area (Å²) in [5.41, 5.74) is 1.75. The Morgan fingerprint density at radius 2 is 2.35 bits per heavy atom. The molecule has 0 aliphatic carbocycles. The number of aromatic nitrogens is 1. The number of thiocarbonyl (C=S) groups is 1. The van der Waals surface area contributed by atoms with Crippen LogP contribution in [-0.2, 0) is 0 Å². The molecule has 0 atom stereocenters. The molecule has 90 valence electrons. The second-order valence-electron chi connectivity index (χ2n) is 3.29. The first-order valence-electron chi connectivity index (χ1n) is 5.29. The van der Waals surface area contributed by atoms with Gasteiger partial charge in [-0.05, 0) is 31.3 Å². The molecule has 1 aromatic rings. The van der Waals surface area contributed by atoms with E-state index in [0.717, 1.165) is 11.4 Å². The fourth-order valence-corrected chi connectivity index (χ4v) is 1.26. The van der Waals surface area contributed by atoms with Crippen LogP contribution in [0.2, 0.25) is 0 Å². The maximum atomic E-state index is 5.03. The number of aliphatic imine (C=N–C) groups is 1. The quantitative estimate of drug-likeness (QED) is 0.471. The lowest BCUT2D eigenvalue weighted by Crippen LogP contribution is -2.35. The van der Waals surface area contributed by atoms with E-state index >= 15 is 0 Å². The molecule has 0 unspecified atom stereocenters. The Kier molecular flexibility index (Phi) is 5.88. The van der Waals surface area contributed by atoms with Gasteiger partial charge in [-0.25, -0.2) is 0 Å². The topological polar surface area (TPSA) is 49.3 Å². The van der Waals surface area contributed by atoms with Crippen molar-refractivity contribution in [2.75, 3.05) is 13.2 Å². The molecule has 0 aromatic carbocycles. The Balaban J connectivity index is 2.39. The van der Waals surface area contributed by atoms with Crippen LogP contribution in [0.4, 0.5) is 0 Å². The molecule has 17 heavy (non-hydrogen) atoms. The van der Waals surface area contributed by atoms with Gasteiger partial charge in [-0.2, -0.15) is 0 Å². The Labute approximate surface area is 107 Å². The van der Waals surface area contributed by atoms with Crippen LogP contribution < -0.4 is 10.6 Å². The predicted octanol–water partition coefficient (Wildman–Crippen LogP) is 1.50. The van der Waals surface area contributed by atoms with Crippen LogP contribution in [0.5, 0.6) is 0 Å². The summed E-state index contributed by atoms with van der Waals surface area (Å²) in [6.07, 6.45) is 3.49. The number of hydrogen-bond acceptors (Lipinski definition) is 3. The van der Waals surface area contributed by atoms with Gasteiger partial charge in [-0.1, -0.05) is 12.1 Å². The molecule has 2 N–H and O–H groups in total. The van der Waals surface area contributed by atoms with Crippen LogP contribution in [0.1, 0.15) is 12.6 Å². The van der Waals surface area contributed by atoms with Gasteiger partial charge in [0.25, 0.3) is 0 Å². The fraction of sp³-hybridized carbons (Fsp3) is 0.250. The average Bonchev–Trinajstić information content (AvgIpc) is 2.37. The first-order chi connectivity index (χ1) is 8.24. The van der Waals surface area contributed by atoms with E-state index in [9.17, 15) is 0 Å². The van der Waals surface area contributed by atoms with Crippen LogP contribution in [0, 0.1) is 0 Å². The van der Waals surface area contributed by atoms with Crippen LogP contribution >= 0.6 is 12.2 Å². The van der Waals surface area contributed by atoms with E-state index in [1.54, 1.807) is 12.3 Å². The number of rotatable bonds is 5. The monoisotopic (exact) mass is 248 g/mol. The summed E-state index contributed by atoms with van der Waals surface area (Å²) in [7, 11) is 0. The van der Waals surface area contributed by atoms with E-state index in [2.05, 4.69) is 27.2 Å². The van der Waals surface area contributed by atoms with Gasteiger partial charge >= 0.3 is 0 Å². The van der Waals surface area contributed by atoms with Gasteiger partial charge in [0.2, 0.25) is 0 Å². The highest BCUT2D eigenvalue weighted by atomic mass is 32.1. The van der Waals surface area contributed by atoms with Crippen molar-refractivity contribution in [3.05, 3.63) is 42.7 Å². The Morgan fingerprint density at radius 3 is 3.00 bits per heavy atom. The molecule has 0 aliphatic rings. The minimum Gasteiger partial charge on any atom is -0.359 e. The van der Waals surface area contributed by atoms with Crippen LogP contribution in [0.3, 0.4) is 0 Å². The third kappa shape index (κ3) is 5.21. The zero-order valence-electron chi connectivity index (χ0n) is 9.81. The fourth-order valence-electron chi connectivity index (χ4n) is 1.12. The summed E-state index contributed by atoms with van der Waals surface area (Å²) in [4.78, 5) is 8.54. The van der Waals surface area contributed by atoms with Crippen molar-refractivity contribution in [3.63, 3.8) is 0 Å². The van der Waals surface area contributed by atoms with E-state index in [1.807, 2.05) is 25.1 Å². The van der Waals surface area contributed by atoms with Gasteiger partial charge in [0, 0.05) is 12.7 Å². The molecule has 1 heterocycles. The Hall–Kier alpha value is -1.75. The van der Waals surface area contributed by atoms with Gasteiger partial charge < -0.3 is 10.6 Å². The second-order valence-corrected chi connectivity index (χ2v) is 3.70. The molecule has 0 amide bonds. The van der Waals surface area contributed by atoms with Gasteiger partial charge in [0.15, 0.2) is 5.11 Å². The highest BCUT2D eigenvalue weighted by Crippen LogP contribution is 1.95. The third-order valence-corrected chi connectivity index (χ3v) is 2.29. The second kappa shape index (κ2) is 7.51. The van der Waals surface area contributed by atoms with Crippen molar-refractivity contribution < 1.29 is 0 Å². The Morgan fingerprint density at radius 1 is 1.53 bits per heavy atom.